The van der Waals surface area contributed by atoms with Crippen LogP contribution in [0.4, 0.5) is 11.4 Å². The Morgan fingerprint density at radius 3 is 2.65 bits per heavy atom. The van der Waals surface area contributed by atoms with Crippen LogP contribution in [0.3, 0.4) is 0 Å². The predicted molar refractivity (Wildman–Crippen MR) is 85.1 cm³/mol. The van der Waals surface area contributed by atoms with Crippen LogP contribution in [-0.4, -0.2) is 22.0 Å². The highest BCUT2D eigenvalue weighted by atomic mass is 32.1. The molecule has 0 radical (unpaired) electrons. The van der Waals surface area contributed by atoms with E-state index in [0.717, 1.165) is 12.2 Å². The number of nitrogens with zero attached hydrogens (tertiary/aromatic N) is 2. The molecule has 0 aliphatic heterocycles. The largest absolute Gasteiger partial charge is 0.347 e. The standard InChI is InChI=1S/C13H13N3O2S2/c1-15(9-12-3-2-8-20-12)13(19)14-10-4-6-11(7-5-10)16(17)18/h2-8H,9H2,1H3,(H,14,19). The summed E-state index contributed by atoms with van der Waals surface area (Å²) in [7, 11) is 1.90. The molecule has 1 aromatic heterocycles. The van der Waals surface area contributed by atoms with E-state index in [1.807, 2.05) is 23.4 Å². The summed E-state index contributed by atoms with van der Waals surface area (Å²) < 4.78 is 0. The van der Waals surface area contributed by atoms with E-state index in [-0.39, 0.29) is 5.69 Å². The van der Waals surface area contributed by atoms with Gasteiger partial charge in [0, 0.05) is 29.7 Å². The van der Waals surface area contributed by atoms with E-state index in [1.54, 1.807) is 23.5 Å². The van der Waals surface area contributed by atoms with Crippen molar-refractivity contribution in [1.29, 1.82) is 0 Å². The second-order valence-corrected chi connectivity index (χ2v) is 5.59. The minimum absolute atomic E-state index is 0.0633. The molecule has 0 spiro atoms. The van der Waals surface area contributed by atoms with Gasteiger partial charge in [-0.25, -0.2) is 0 Å². The predicted octanol–water partition coefficient (Wildman–Crippen LogP) is 3.49. The highest BCUT2D eigenvalue weighted by Gasteiger charge is 2.08. The third kappa shape index (κ3) is 3.75. The molecule has 20 heavy (non-hydrogen) atoms. The van der Waals surface area contributed by atoms with E-state index in [2.05, 4.69) is 11.4 Å². The molecule has 0 fully saturated rings. The molecule has 0 bridgehead atoms. The van der Waals surface area contributed by atoms with Crippen molar-refractivity contribution < 1.29 is 4.92 Å². The average Bonchev–Trinajstić information content (AvgIpc) is 2.92. The summed E-state index contributed by atoms with van der Waals surface area (Å²) in [5.41, 5.74) is 0.798. The SMILES string of the molecule is CN(Cc1cccs1)C(=S)Nc1ccc([N+](=O)[O-])cc1. The molecule has 2 rings (SSSR count). The van der Waals surface area contributed by atoms with Crippen LogP contribution < -0.4 is 5.32 Å². The number of nitro groups is 1. The van der Waals surface area contributed by atoms with Gasteiger partial charge >= 0.3 is 0 Å². The first kappa shape index (κ1) is 14.4. The smallest absolute Gasteiger partial charge is 0.269 e. The normalized spacial score (nSPS) is 10.1. The third-order valence-corrected chi connectivity index (χ3v) is 3.92. The second kappa shape index (κ2) is 6.44. The third-order valence-electron chi connectivity index (χ3n) is 2.65. The Morgan fingerprint density at radius 1 is 1.40 bits per heavy atom. The van der Waals surface area contributed by atoms with Crippen molar-refractivity contribution in [3.05, 3.63) is 56.8 Å². The maximum atomic E-state index is 10.6. The van der Waals surface area contributed by atoms with Gasteiger partial charge in [0.25, 0.3) is 5.69 Å². The molecule has 0 atom stereocenters. The Balaban J connectivity index is 1.95. The molecule has 2 aromatic rings. The summed E-state index contributed by atoms with van der Waals surface area (Å²) in [4.78, 5) is 13.3. The van der Waals surface area contributed by atoms with Crippen molar-refractivity contribution in [2.75, 3.05) is 12.4 Å². The quantitative estimate of drug-likeness (QED) is 0.532. The summed E-state index contributed by atoms with van der Waals surface area (Å²) in [6, 6.07) is 10.2. The van der Waals surface area contributed by atoms with E-state index < -0.39 is 4.92 Å². The van der Waals surface area contributed by atoms with E-state index >= 15 is 0 Å². The van der Waals surface area contributed by atoms with Crippen molar-refractivity contribution in [3.8, 4) is 0 Å². The molecule has 0 unspecified atom stereocenters. The monoisotopic (exact) mass is 307 g/mol. The number of hydrogen-bond acceptors (Lipinski definition) is 4. The first-order valence-corrected chi connectivity index (χ1v) is 7.14. The number of hydrogen-bond donors (Lipinski definition) is 1. The van der Waals surface area contributed by atoms with E-state index in [9.17, 15) is 10.1 Å². The minimum Gasteiger partial charge on any atom is -0.347 e. The number of thiophene rings is 1. The lowest BCUT2D eigenvalue weighted by molar-refractivity contribution is -0.384. The highest BCUT2D eigenvalue weighted by Crippen LogP contribution is 2.16. The Hall–Kier alpha value is -1.99. The summed E-state index contributed by atoms with van der Waals surface area (Å²) >= 11 is 6.98. The first-order valence-electron chi connectivity index (χ1n) is 5.85. The summed E-state index contributed by atoms with van der Waals surface area (Å²) in [5, 5.41) is 16.2. The molecule has 7 heteroatoms. The number of rotatable bonds is 4. The van der Waals surface area contributed by atoms with Gasteiger partial charge < -0.3 is 10.2 Å². The second-order valence-electron chi connectivity index (χ2n) is 4.17. The Morgan fingerprint density at radius 2 is 2.10 bits per heavy atom. The van der Waals surface area contributed by atoms with Gasteiger partial charge in [-0.15, -0.1) is 11.3 Å². The molecule has 0 aliphatic carbocycles. The lowest BCUT2D eigenvalue weighted by Gasteiger charge is -2.20. The van der Waals surface area contributed by atoms with Crippen molar-refractivity contribution in [2.24, 2.45) is 0 Å². The summed E-state index contributed by atoms with van der Waals surface area (Å²) in [6.07, 6.45) is 0. The molecule has 0 saturated heterocycles. The molecule has 1 N–H and O–H groups in total. The van der Waals surface area contributed by atoms with E-state index in [1.165, 1.54) is 17.0 Å². The molecular formula is C13H13N3O2S2. The summed E-state index contributed by atoms with van der Waals surface area (Å²) in [6.45, 7) is 0.733. The van der Waals surface area contributed by atoms with Crippen molar-refractivity contribution in [1.82, 2.24) is 4.90 Å². The molecule has 0 aliphatic rings. The molecule has 1 heterocycles. The van der Waals surface area contributed by atoms with Crippen LogP contribution in [0.1, 0.15) is 4.88 Å². The molecule has 1 aromatic carbocycles. The van der Waals surface area contributed by atoms with Crippen LogP contribution in [0, 0.1) is 10.1 Å². The van der Waals surface area contributed by atoms with Crippen LogP contribution in [0.15, 0.2) is 41.8 Å². The molecule has 0 saturated carbocycles. The Bertz CT molecular complexity index is 597. The van der Waals surface area contributed by atoms with Crippen molar-refractivity contribution in [3.63, 3.8) is 0 Å². The van der Waals surface area contributed by atoms with Gasteiger partial charge in [-0.05, 0) is 35.8 Å². The van der Waals surface area contributed by atoms with E-state index in [4.69, 9.17) is 12.2 Å². The lowest BCUT2D eigenvalue weighted by Crippen LogP contribution is -2.30. The molecule has 104 valence electrons. The number of nitrogens with one attached hydrogen (secondary N) is 1. The van der Waals surface area contributed by atoms with Gasteiger partial charge in [-0.1, -0.05) is 6.07 Å². The zero-order valence-electron chi connectivity index (χ0n) is 10.8. The maximum Gasteiger partial charge on any atom is 0.269 e. The fraction of sp³-hybridized carbons (Fsp3) is 0.154. The van der Waals surface area contributed by atoms with Gasteiger partial charge in [0.2, 0.25) is 0 Å². The Kier molecular flexibility index (Phi) is 4.65. The van der Waals surface area contributed by atoms with Gasteiger partial charge in [0.1, 0.15) is 0 Å². The number of non-ortho nitro benzene ring substituents is 1. The van der Waals surface area contributed by atoms with Gasteiger partial charge in [0.05, 0.1) is 11.5 Å². The molecule has 0 amide bonds. The fourth-order valence-corrected chi connectivity index (χ4v) is 2.53. The molecular weight excluding hydrogens is 294 g/mol. The number of benzene rings is 1. The van der Waals surface area contributed by atoms with Gasteiger partial charge in [0.15, 0.2) is 5.11 Å². The zero-order chi connectivity index (χ0) is 14.5. The van der Waals surface area contributed by atoms with Crippen LogP contribution in [0.25, 0.3) is 0 Å². The fourth-order valence-electron chi connectivity index (χ4n) is 1.59. The van der Waals surface area contributed by atoms with E-state index in [0.29, 0.717) is 5.11 Å². The van der Waals surface area contributed by atoms with Crippen LogP contribution >= 0.6 is 23.6 Å². The highest BCUT2D eigenvalue weighted by molar-refractivity contribution is 7.80. The van der Waals surface area contributed by atoms with Gasteiger partial charge in [-0.2, -0.15) is 0 Å². The van der Waals surface area contributed by atoms with Gasteiger partial charge in [-0.3, -0.25) is 10.1 Å². The number of anilines is 1. The molecule has 5 nitrogen and oxygen atoms in total. The number of nitro benzene ring substituents is 1. The Labute approximate surface area is 126 Å². The number of thiocarbonyl (C=S) groups is 1. The lowest BCUT2D eigenvalue weighted by atomic mass is 10.3. The van der Waals surface area contributed by atoms with Crippen molar-refractivity contribution in [2.45, 2.75) is 6.54 Å². The van der Waals surface area contributed by atoms with Crippen molar-refractivity contribution >= 4 is 40.0 Å². The topological polar surface area (TPSA) is 58.4 Å². The van der Waals surface area contributed by atoms with Crippen LogP contribution in [0.2, 0.25) is 0 Å². The van der Waals surface area contributed by atoms with Crippen LogP contribution in [-0.2, 0) is 6.54 Å². The summed E-state index contributed by atoms with van der Waals surface area (Å²) in [5.74, 6) is 0. The van der Waals surface area contributed by atoms with Crippen LogP contribution in [0.5, 0.6) is 0 Å². The minimum atomic E-state index is -0.426. The maximum absolute atomic E-state index is 10.6. The average molecular weight is 307 g/mol. The first-order chi connectivity index (χ1) is 9.56. The zero-order valence-corrected chi connectivity index (χ0v) is 12.4.